The van der Waals surface area contributed by atoms with Crippen LogP contribution in [0.2, 0.25) is 0 Å². The Balaban J connectivity index is 1.39. The van der Waals surface area contributed by atoms with Gasteiger partial charge in [-0.2, -0.15) is 26.3 Å². The lowest BCUT2D eigenvalue weighted by atomic mass is 9.99. The number of aromatic amines is 1. The van der Waals surface area contributed by atoms with Crippen LogP contribution >= 0.6 is 0 Å². The number of hydrogen-bond acceptors (Lipinski definition) is 2. The van der Waals surface area contributed by atoms with Crippen molar-refractivity contribution in [1.82, 2.24) is 14.8 Å². The van der Waals surface area contributed by atoms with Crippen LogP contribution in [0.5, 0.6) is 0 Å². The fourth-order valence-corrected chi connectivity index (χ4v) is 5.31. The SMILES string of the molecule is O=C(c1cc(C(F)(F)F)cc(C(F)(F)F)c1)N1CCN(CCc2c[nH]c3ccccc23)C[C@H]1Cc1ccccc1. The Bertz CT molecular complexity index is 1450. The number of nitrogens with one attached hydrogen (secondary N) is 1. The molecule has 1 atom stereocenters. The lowest BCUT2D eigenvalue weighted by Gasteiger charge is -2.42. The minimum Gasteiger partial charge on any atom is -0.361 e. The number of aromatic nitrogens is 1. The molecular weight excluding hydrogens is 532 g/mol. The normalized spacial score (nSPS) is 16.9. The smallest absolute Gasteiger partial charge is 0.361 e. The molecule has 1 fully saturated rings. The van der Waals surface area contributed by atoms with E-state index in [1.807, 2.05) is 60.8 Å². The van der Waals surface area contributed by atoms with Gasteiger partial charge in [0, 0.05) is 54.9 Å². The Hall–Kier alpha value is -3.79. The molecule has 0 aliphatic carbocycles. The van der Waals surface area contributed by atoms with Gasteiger partial charge in [-0.15, -0.1) is 0 Å². The largest absolute Gasteiger partial charge is 0.416 e. The third kappa shape index (κ3) is 6.17. The summed E-state index contributed by atoms with van der Waals surface area (Å²) in [6, 6.07) is 17.9. The molecule has 1 aliphatic heterocycles. The second kappa shape index (κ2) is 11.0. The molecule has 3 aromatic carbocycles. The maximum atomic E-state index is 13.5. The van der Waals surface area contributed by atoms with E-state index in [9.17, 15) is 31.1 Å². The second-order valence-electron chi connectivity index (χ2n) is 10.0. The number of nitrogens with zero attached hydrogens (tertiary/aromatic N) is 2. The van der Waals surface area contributed by atoms with E-state index in [2.05, 4.69) is 9.88 Å². The van der Waals surface area contributed by atoms with E-state index in [1.165, 1.54) is 4.90 Å². The van der Waals surface area contributed by atoms with Crippen LogP contribution in [-0.2, 0) is 25.2 Å². The molecule has 1 amide bonds. The summed E-state index contributed by atoms with van der Waals surface area (Å²) in [6.45, 7) is 1.76. The first-order valence-corrected chi connectivity index (χ1v) is 12.9. The maximum absolute atomic E-state index is 13.5. The lowest BCUT2D eigenvalue weighted by molar-refractivity contribution is -0.143. The fourth-order valence-electron chi connectivity index (χ4n) is 5.31. The number of fused-ring (bicyclic) bond motifs is 1. The number of H-pyrrole nitrogens is 1. The van der Waals surface area contributed by atoms with Crippen LogP contribution in [0.15, 0.2) is 79.0 Å². The number of rotatable bonds is 6. The van der Waals surface area contributed by atoms with Gasteiger partial charge in [0.25, 0.3) is 5.91 Å². The van der Waals surface area contributed by atoms with E-state index in [4.69, 9.17) is 0 Å². The molecule has 10 heteroatoms. The highest BCUT2D eigenvalue weighted by molar-refractivity contribution is 5.95. The quantitative estimate of drug-likeness (QED) is 0.264. The van der Waals surface area contributed by atoms with Gasteiger partial charge < -0.3 is 9.88 Å². The number of hydrogen-bond donors (Lipinski definition) is 1. The second-order valence-corrected chi connectivity index (χ2v) is 10.0. The van der Waals surface area contributed by atoms with E-state index in [0.717, 1.165) is 28.5 Å². The van der Waals surface area contributed by atoms with Crippen molar-refractivity contribution in [2.45, 2.75) is 31.2 Å². The van der Waals surface area contributed by atoms with Gasteiger partial charge in [-0.1, -0.05) is 48.5 Å². The van der Waals surface area contributed by atoms with Crippen molar-refractivity contribution in [3.8, 4) is 0 Å². The zero-order valence-corrected chi connectivity index (χ0v) is 21.4. The molecular formula is C30H27F6N3O. The molecule has 0 radical (unpaired) electrons. The van der Waals surface area contributed by atoms with Crippen LogP contribution in [0.4, 0.5) is 26.3 Å². The van der Waals surface area contributed by atoms with Crippen molar-refractivity contribution >= 4 is 16.8 Å². The monoisotopic (exact) mass is 559 g/mol. The van der Waals surface area contributed by atoms with Gasteiger partial charge in [-0.25, -0.2) is 0 Å². The average Bonchev–Trinajstić information content (AvgIpc) is 3.34. The van der Waals surface area contributed by atoms with Crippen molar-refractivity contribution in [2.24, 2.45) is 0 Å². The van der Waals surface area contributed by atoms with Crippen LogP contribution < -0.4 is 0 Å². The minimum atomic E-state index is -5.03. The predicted molar refractivity (Wildman–Crippen MR) is 140 cm³/mol. The zero-order chi connectivity index (χ0) is 28.5. The summed E-state index contributed by atoms with van der Waals surface area (Å²) in [6.07, 6.45) is -6.92. The molecule has 4 nitrogen and oxygen atoms in total. The summed E-state index contributed by atoms with van der Waals surface area (Å²) in [4.78, 5) is 20.4. The van der Waals surface area contributed by atoms with E-state index < -0.39 is 41.0 Å². The Morgan fingerprint density at radius 1 is 0.850 bits per heavy atom. The summed E-state index contributed by atoms with van der Waals surface area (Å²) in [7, 11) is 0. The van der Waals surface area contributed by atoms with Crippen molar-refractivity contribution < 1.29 is 31.1 Å². The van der Waals surface area contributed by atoms with Crippen LogP contribution in [0, 0.1) is 0 Å². The molecule has 210 valence electrons. The molecule has 0 spiro atoms. The highest BCUT2D eigenvalue weighted by Crippen LogP contribution is 2.37. The minimum absolute atomic E-state index is 0.0425. The number of para-hydroxylation sites is 1. The molecule has 1 aromatic heterocycles. The van der Waals surface area contributed by atoms with Gasteiger partial charge in [-0.3, -0.25) is 9.69 Å². The molecule has 0 unspecified atom stereocenters. The fraction of sp³-hybridized carbons (Fsp3) is 0.300. The van der Waals surface area contributed by atoms with Gasteiger partial charge in [-0.05, 0) is 48.2 Å². The number of carbonyl (C=O) groups is 1. The third-order valence-electron chi connectivity index (χ3n) is 7.35. The summed E-state index contributed by atoms with van der Waals surface area (Å²) in [5.74, 6) is -0.839. The van der Waals surface area contributed by atoms with Gasteiger partial charge in [0.15, 0.2) is 0 Å². The first kappa shape index (κ1) is 27.8. The van der Waals surface area contributed by atoms with Crippen molar-refractivity contribution in [3.05, 3.63) is 107 Å². The summed E-state index contributed by atoms with van der Waals surface area (Å²) in [5, 5.41) is 1.13. The van der Waals surface area contributed by atoms with Gasteiger partial charge in [0.2, 0.25) is 0 Å². The number of piperazine rings is 1. The number of halogens is 6. The summed E-state index contributed by atoms with van der Waals surface area (Å²) in [5.41, 5.74) is -0.506. The van der Waals surface area contributed by atoms with E-state index in [1.54, 1.807) is 0 Å². The van der Waals surface area contributed by atoms with E-state index in [-0.39, 0.29) is 12.6 Å². The van der Waals surface area contributed by atoms with Crippen molar-refractivity contribution in [1.29, 1.82) is 0 Å². The Morgan fingerprint density at radius 2 is 1.50 bits per heavy atom. The van der Waals surface area contributed by atoms with Crippen molar-refractivity contribution in [2.75, 3.05) is 26.2 Å². The first-order valence-electron chi connectivity index (χ1n) is 12.9. The predicted octanol–water partition coefficient (Wildman–Crippen LogP) is 6.82. The Kier molecular flexibility index (Phi) is 7.63. The van der Waals surface area contributed by atoms with Crippen LogP contribution in [0.25, 0.3) is 10.9 Å². The molecule has 5 rings (SSSR count). The topological polar surface area (TPSA) is 39.3 Å². The van der Waals surface area contributed by atoms with Gasteiger partial charge in [0.1, 0.15) is 0 Å². The molecule has 1 aliphatic rings. The zero-order valence-electron chi connectivity index (χ0n) is 21.4. The van der Waals surface area contributed by atoms with E-state index >= 15 is 0 Å². The first-order chi connectivity index (χ1) is 19.0. The number of amides is 1. The average molecular weight is 560 g/mol. The summed E-state index contributed by atoms with van der Waals surface area (Å²) >= 11 is 0. The molecule has 1 saturated heterocycles. The standard InChI is InChI=1S/C30H27F6N3O/c31-29(32,33)23-15-22(16-24(17-23)30(34,35)36)28(40)39-13-12-38(19-25(39)14-20-6-2-1-3-7-20)11-10-21-18-37-27-9-5-4-8-26(21)27/h1-9,15-18,25,37H,10-14,19H2/t25-/m1/s1. The highest BCUT2D eigenvalue weighted by atomic mass is 19.4. The molecule has 2 heterocycles. The number of carbonyl (C=O) groups excluding carboxylic acids is 1. The molecule has 40 heavy (non-hydrogen) atoms. The van der Waals surface area contributed by atoms with Crippen LogP contribution in [0.3, 0.4) is 0 Å². The lowest BCUT2D eigenvalue weighted by Crippen LogP contribution is -2.56. The molecule has 1 N–H and O–H groups in total. The van der Waals surface area contributed by atoms with Gasteiger partial charge in [0.05, 0.1) is 11.1 Å². The highest BCUT2D eigenvalue weighted by Gasteiger charge is 2.39. The Morgan fingerprint density at radius 3 is 2.17 bits per heavy atom. The molecule has 0 bridgehead atoms. The number of alkyl halides is 6. The maximum Gasteiger partial charge on any atom is 0.416 e. The van der Waals surface area contributed by atoms with Crippen molar-refractivity contribution in [3.63, 3.8) is 0 Å². The number of benzene rings is 3. The van der Waals surface area contributed by atoms with Crippen LogP contribution in [-0.4, -0.2) is 52.9 Å². The van der Waals surface area contributed by atoms with Crippen LogP contribution in [0.1, 0.15) is 32.6 Å². The summed E-state index contributed by atoms with van der Waals surface area (Å²) < 4.78 is 80.7. The third-order valence-corrected chi connectivity index (χ3v) is 7.35. The molecule has 0 saturated carbocycles. The Labute approximate surface area is 227 Å². The molecule has 4 aromatic rings. The van der Waals surface area contributed by atoms with E-state index in [0.29, 0.717) is 38.2 Å². The van der Waals surface area contributed by atoms with Gasteiger partial charge >= 0.3 is 12.4 Å².